The van der Waals surface area contributed by atoms with Crippen molar-refractivity contribution >= 4 is 50.5 Å². The molecule has 0 atom stereocenters. The number of anilines is 1. The molecule has 23 heavy (non-hydrogen) atoms. The van der Waals surface area contributed by atoms with Gasteiger partial charge in [0, 0.05) is 11.6 Å². The normalized spacial score (nSPS) is 11.3. The van der Waals surface area contributed by atoms with E-state index in [0.717, 1.165) is 0 Å². The van der Waals surface area contributed by atoms with Gasteiger partial charge < -0.3 is 4.74 Å². The monoisotopic (exact) mass is 393 g/mol. The van der Waals surface area contributed by atoms with Gasteiger partial charge in [0.25, 0.3) is 10.0 Å². The minimum Gasteiger partial charge on any atom is -0.495 e. The Morgan fingerprint density at radius 1 is 1.04 bits per heavy atom. The first kappa shape index (κ1) is 18.2. The molecule has 2 rings (SSSR count). The average Bonchev–Trinajstić information content (AvgIpc) is 2.50. The predicted octanol–water partition coefficient (Wildman–Crippen LogP) is 4.87. The summed E-state index contributed by atoms with van der Waals surface area (Å²) < 4.78 is 32.1. The second-order valence-corrected chi connectivity index (χ2v) is 7.64. The lowest BCUT2D eigenvalue weighted by Crippen LogP contribution is -2.31. The number of ether oxygens (including phenoxy) is 1. The van der Waals surface area contributed by atoms with Gasteiger partial charge in [-0.3, -0.25) is 4.31 Å². The Bertz CT molecular complexity index is 825. The topological polar surface area (TPSA) is 46.6 Å². The van der Waals surface area contributed by atoms with Crippen molar-refractivity contribution in [3.05, 3.63) is 51.5 Å². The van der Waals surface area contributed by atoms with Gasteiger partial charge in [-0.15, -0.1) is 0 Å². The largest absolute Gasteiger partial charge is 0.495 e. The summed E-state index contributed by atoms with van der Waals surface area (Å²) in [5.74, 6) is 0.463. The molecule has 0 spiro atoms. The second kappa shape index (κ2) is 7.18. The van der Waals surface area contributed by atoms with E-state index in [-0.39, 0.29) is 21.5 Å². The Kier molecular flexibility index (Phi) is 5.68. The van der Waals surface area contributed by atoms with Crippen molar-refractivity contribution in [2.24, 2.45) is 0 Å². The van der Waals surface area contributed by atoms with Gasteiger partial charge in [0.1, 0.15) is 10.6 Å². The Morgan fingerprint density at radius 3 is 2.30 bits per heavy atom. The van der Waals surface area contributed by atoms with Crippen LogP contribution < -0.4 is 9.04 Å². The van der Waals surface area contributed by atoms with Crippen LogP contribution in [0.5, 0.6) is 5.75 Å². The Morgan fingerprint density at radius 2 is 1.74 bits per heavy atom. The van der Waals surface area contributed by atoms with Crippen LogP contribution in [0.1, 0.15) is 6.92 Å². The van der Waals surface area contributed by atoms with E-state index in [1.165, 1.54) is 35.7 Å². The van der Waals surface area contributed by atoms with Gasteiger partial charge >= 0.3 is 0 Å². The van der Waals surface area contributed by atoms with Gasteiger partial charge in [0.05, 0.1) is 22.8 Å². The Balaban J connectivity index is 2.55. The standard InChI is InChI=1S/C15H14Cl3NO3S/c1-3-19(11-5-7-14(22-2)13(18)9-11)23(20,21)15-8-10(16)4-6-12(15)17/h4-9H,3H2,1-2H3. The summed E-state index contributed by atoms with van der Waals surface area (Å²) >= 11 is 18.0. The van der Waals surface area contributed by atoms with Gasteiger partial charge in [0.2, 0.25) is 0 Å². The molecule has 0 amide bonds. The maximum atomic E-state index is 12.9. The molecule has 0 bridgehead atoms. The molecule has 0 aliphatic heterocycles. The van der Waals surface area contributed by atoms with Crippen LogP contribution in [0.4, 0.5) is 5.69 Å². The second-order valence-electron chi connectivity index (χ2n) is 4.56. The zero-order valence-corrected chi connectivity index (χ0v) is 15.5. The molecule has 0 aliphatic carbocycles. The molecule has 124 valence electrons. The van der Waals surface area contributed by atoms with Crippen molar-refractivity contribution in [2.45, 2.75) is 11.8 Å². The molecule has 0 saturated carbocycles. The lowest BCUT2D eigenvalue weighted by Gasteiger charge is -2.24. The third-order valence-corrected chi connectivity index (χ3v) is 6.09. The van der Waals surface area contributed by atoms with E-state index >= 15 is 0 Å². The Labute approximate surface area is 150 Å². The average molecular weight is 395 g/mol. The van der Waals surface area contributed by atoms with E-state index in [0.29, 0.717) is 16.5 Å². The number of rotatable bonds is 5. The molecule has 0 aliphatic rings. The molecular formula is C15H14Cl3NO3S. The first-order valence-corrected chi connectivity index (χ1v) is 9.20. The maximum absolute atomic E-state index is 12.9. The first-order valence-electron chi connectivity index (χ1n) is 6.62. The number of nitrogens with zero attached hydrogens (tertiary/aromatic N) is 1. The smallest absolute Gasteiger partial charge is 0.265 e. The van der Waals surface area contributed by atoms with Crippen LogP contribution in [0.15, 0.2) is 41.3 Å². The minimum atomic E-state index is -3.88. The SMILES string of the molecule is CCN(c1ccc(OC)c(Cl)c1)S(=O)(=O)c1cc(Cl)ccc1Cl. The van der Waals surface area contributed by atoms with E-state index in [1.54, 1.807) is 19.1 Å². The van der Waals surface area contributed by atoms with Crippen molar-refractivity contribution in [3.63, 3.8) is 0 Å². The minimum absolute atomic E-state index is 0.0551. The van der Waals surface area contributed by atoms with E-state index in [2.05, 4.69) is 0 Å². The highest BCUT2D eigenvalue weighted by Crippen LogP contribution is 2.34. The van der Waals surface area contributed by atoms with E-state index in [9.17, 15) is 8.42 Å². The Hall–Kier alpha value is -1.14. The van der Waals surface area contributed by atoms with Crippen LogP contribution in [-0.4, -0.2) is 22.1 Å². The third kappa shape index (κ3) is 3.69. The lowest BCUT2D eigenvalue weighted by atomic mass is 10.3. The van der Waals surface area contributed by atoms with Gasteiger partial charge in [-0.1, -0.05) is 34.8 Å². The van der Waals surface area contributed by atoms with Crippen LogP contribution in [-0.2, 0) is 10.0 Å². The highest BCUT2D eigenvalue weighted by molar-refractivity contribution is 7.93. The summed E-state index contributed by atoms with van der Waals surface area (Å²) in [6.45, 7) is 1.92. The summed E-state index contributed by atoms with van der Waals surface area (Å²) in [5.41, 5.74) is 0.411. The molecule has 0 N–H and O–H groups in total. The van der Waals surface area contributed by atoms with Gasteiger partial charge in [0.15, 0.2) is 0 Å². The van der Waals surface area contributed by atoms with Gasteiger partial charge in [-0.2, -0.15) is 0 Å². The van der Waals surface area contributed by atoms with Crippen molar-refractivity contribution in [1.82, 2.24) is 0 Å². The van der Waals surface area contributed by atoms with Crippen molar-refractivity contribution in [3.8, 4) is 5.75 Å². The van der Waals surface area contributed by atoms with E-state index in [1.807, 2.05) is 0 Å². The number of hydrogen-bond donors (Lipinski definition) is 0. The summed E-state index contributed by atoms with van der Waals surface area (Å²) in [7, 11) is -2.39. The quantitative estimate of drug-likeness (QED) is 0.727. The molecule has 0 aromatic heterocycles. The molecule has 2 aromatic carbocycles. The molecule has 0 unspecified atom stereocenters. The van der Waals surface area contributed by atoms with Crippen LogP contribution in [0.3, 0.4) is 0 Å². The molecule has 0 heterocycles. The van der Waals surface area contributed by atoms with Crippen LogP contribution in [0, 0.1) is 0 Å². The highest BCUT2D eigenvalue weighted by atomic mass is 35.5. The summed E-state index contributed by atoms with van der Waals surface area (Å²) in [5, 5.41) is 0.708. The fourth-order valence-corrected chi connectivity index (χ4v) is 4.55. The number of methoxy groups -OCH3 is 1. The van der Waals surface area contributed by atoms with Crippen molar-refractivity contribution in [2.75, 3.05) is 18.0 Å². The highest BCUT2D eigenvalue weighted by Gasteiger charge is 2.27. The summed E-state index contributed by atoms with van der Waals surface area (Å²) in [6, 6.07) is 9.06. The lowest BCUT2D eigenvalue weighted by molar-refractivity contribution is 0.415. The van der Waals surface area contributed by atoms with Gasteiger partial charge in [-0.05, 0) is 43.3 Å². The van der Waals surface area contributed by atoms with E-state index in [4.69, 9.17) is 39.5 Å². The van der Waals surface area contributed by atoms with Crippen molar-refractivity contribution < 1.29 is 13.2 Å². The fraction of sp³-hybridized carbons (Fsp3) is 0.200. The van der Waals surface area contributed by atoms with E-state index < -0.39 is 10.0 Å². The van der Waals surface area contributed by atoms with Crippen LogP contribution in [0.2, 0.25) is 15.1 Å². The molecule has 0 fully saturated rings. The zero-order chi connectivity index (χ0) is 17.2. The first-order chi connectivity index (χ1) is 10.8. The maximum Gasteiger partial charge on any atom is 0.265 e. The van der Waals surface area contributed by atoms with Gasteiger partial charge in [-0.25, -0.2) is 8.42 Å². The molecule has 8 heteroatoms. The van der Waals surface area contributed by atoms with Crippen LogP contribution in [0.25, 0.3) is 0 Å². The molecule has 4 nitrogen and oxygen atoms in total. The summed E-state index contributed by atoms with van der Waals surface area (Å²) in [6.07, 6.45) is 0. The molecule has 0 saturated heterocycles. The molecular weight excluding hydrogens is 381 g/mol. The number of benzene rings is 2. The third-order valence-electron chi connectivity index (χ3n) is 3.17. The molecule has 2 aromatic rings. The van der Waals surface area contributed by atoms with Crippen LogP contribution >= 0.6 is 34.8 Å². The molecule has 0 radical (unpaired) electrons. The zero-order valence-electron chi connectivity index (χ0n) is 12.4. The predicted molar refractivity (Wildman–Crippen MR) is 94.7 cm³/mol. The number of sulfonamides is 1. The number of hydrogen-bond acceptors (Lipinski definition) is 3. The fourth-order valence-electron chi connectivity index (χ4n) is 2.10. The van der Waals surface area contributed by atoms with Crippen molar-refractivity contribution in [1.29, 1.82) is 0 Å². The number of halogens is 3. The summed E-state index contributed by atoms with van der Waals surface area (Å²) in [4.78, 5) is -0.0551.